The highest BCUT2D eigenvalue weighted by atomic mass is 35.5. The van der Waals surface area contributed by atoms with Gasteiger partial charge < -0.3 is 18.1 Å². The summed E-state index contributed by atoms with van der Waals surface area (Å²) in [6.45, 7) is 0.444. The molecule has 0 unspecified atom stereocenters. The van der Waals surface area contributed by atoms with Crippen LogP contribution in [0.4, 0.5) is 30.4 Å². The zero-order chi connectivity index (χ0) is 18.7. The molecule has 0 bridgehead atoms. The Hall–Kier alpha value is -2.94. The van der Waals surface area contributed by atoms with Gasteiger partial charge in [0.15, 0.2) is 12.4 Å². The molecule has 3 aromatic rings. The average molecular weight is 397 g/mol. The van der Waals surface area contributed by atoms with E-state index in [1.165, 1.54) is 18.3 Å². The molecule has 27 heavy (non-hydrogen) atoms. The van der Waals surface area contributed by atoms with Crippen molar-refractivity contribution >= 4 is 17.2 Å². The SMILES string of the molecule is C[n+]1cccc(Cn2ncc(/N=N/c3cccc(C(F)(F)F)c3)c2N)c1.[Cl-]. The number of nitrogens with zero attached hydrogens (tertiary/aromatic N) is 5. The molecule has 0 aliphatic carbocycles. The van der Waals surface area contributed by atoms with Gasteiger partial charge in [0.05, 0.1) is 24.0 Å². The Labute approximate surface area is 159 Å². The maximum atomic E-state index is 12.7. The first kappa shape index (κ1) is 20.4. The Balaban J connectivity index is 0.00000261. The van der Waals surface area contributed by atoms with E-state index in [1.807, 2.05) is 36.1 Å². The van der Waals surface area contributed by atoms with E-state index in [9.17, 15) is 13.2 Å². The average Bonchev–Trinajstić information content (AvgIpc) is 2.93. The van der Waals surface area contributed by atoms with Crippen LogP contribution in [0, 0.1) is 0 Å². The summed E-state index contributed by atoms with van der Waals surface area (Å²) in [6.07, 6.45) is 0.840. The van der Waals surface area contributed by atoms with E-state index in [-0.39, 0.29) is 23.9 Å². The second-order valence-corrected chi connectivity index (χ2v) is 5.70. The van der Waals surface area contributed by atoms with Crippen LogP contribution in [0.5, 0.6) is 0 Å². The lowest BCUT2D eigenvalue weighted by Gasteiger charge is -2.06. The van der Waals surface area contributed by atoms with Crippen molar-refractivity contribution < 1.29 is 30.1 Å². The molecule has 0 aliphatic rings. The first-order chi connectivity index (χ1) is 12.3. The lowest BCUT2D eigenvalue weighted by Crippen LogP contribution is -3.00. The van der Waals surface area contributed by atoms with E-state index in [0.29, 0.717) is 12.2 Å². The lowest BCUT2D eigenvalue weighted by molar-refractivity contribution is -0.671. The van der Waals surface area contributed by atoms with Gasteiger partial charge in [0, 0.05) is 11.6 Å². The van der Waals surface area contributed by atoms with E-state index >= 15 is 0 Å². The highest BCUT2D eigenvalue weighted by Gasteiger charge is 2.30. The molecule has 2 aromatic heterocycles. The van der Waals surface area contributed by atoms with E-state index in [2.05, 4.69) is 15.3 Å². The van der Waals surface area contributed by atoms with Crippen molar-refractivity contribution in [1.82, 2.24) is 9.78 Å². The van der Waals surface area contributed by atoms with Crippen LogP contribution in [-0.4, -0.2) is 9.78 Å². The fraction of sp³-hybridized carbons (Fsp3) is 0.176. The summed E-state index contributed by atoms with van der Waals surface area (Å²) in [4.78, 5) is 0. The molecule has 6 nitrogen and oxygen atoms in total. The molecular weight excluding hydrogens is 381 g/mol. The summed E-state index contributed by atoms with van der Waals surface area (Å²) in [6, 6.07) is 8.45. The van der Waals surface area contributed by atoms with Crippen molar-refractivity contribution in [1.29, 1.82) is 0 Å². The number of alkyl halides is 3. The van der Waals surface area contributed by atoms with Crippen molar-refractivity contribution in [2.45, 2.75) is 12.7 Å². The van der Waals surface area contributed by atoms with Gasteiger partial charge in [0.2, 0.25) is 0 Å². The molecule has 142 valence electrons. The molecule has 10 heteroatoms. The number of rotatable bonds is 4. The third-order valence-corrected chi connectivity index (χ3v) is 3.64. The van der Waals surface area contributed by atoms with Crippen molar-refractivity contribution in [3.05, 3.63) is 66.1 Å². The summed E-state index contributed by atoms with van der Waals surface area (Å²) in [7, 11) is 1.91. The van der Waals surface area contributed by atoms with Gasteiger partial charge in [-0.05, 0) is 24.3 Å². The quantitative estimate of drug-likeness (QED) is 0.523. The van der Waals surface area contributed by atoms with Crippen LogP contribution in [0.1, 0.15) is 11.1 Å². The fourth-order valence-corrected chi connectivity index (χ4v) is 2.36. The Bertz CT molecular complexity index is 952. The van der Waals surface area contributed by atoms with E-state index < -0.39 is 11.7 Å². The predicted octanol–water partition coefficient (Wildman–Crippen LogP) is 0.776. The molecule has 0 atom stereocenters. The zero-order valence-electron chi connectivity index (χ0n) is 14.2. The number of aromatic nitrogens is 3. The Kier molecular flexibility index (Phi) is 6.17. The zero-order valence-corrected chi connectivity index (χ0v) is 15.0. The second-order valence-electron chi connectivity index (χ2n) is 5.70. The number of azo groups is 1. The van der Waals surface area contributed by atoms with Gasteiger partial charge in [0.1, 0.15) is 18.6 Å². The maximum absolute atomic E-state index is 12.7. The third kappa shape index (κ3) is 5.04. The third-order valence-electron chi connectivity index (χ3n) is 3.64. The van der Waals surface area contributed by atoms with Crippen molar-refractivity contribution in [3.63, 3.8) is 0 Å². The topological polar surface area (TPSA) is 72.4 Å². The lowest BCUT2D eigenvalue weighted by atomic mass is 10.2. The maximum Gasteiger partial charge on any atom is 0.416 e. The number of hydrogen-bond donors (Lipinski definition) is 1. The van der Waals surface area contributed by atoms with E-state index in [4.69, 9.17) is 5.73 Å². The van der Waals surface area contributed by atoms with Crippen molar-refractivity contribution in [2.24, 2.45) is 17.3 Å². The van der Waals surface area contributed by atoms with Crippen LogP contribution in [-0.2, 0) is 19.8 Å². The largest absolute Gasteiger partial charge is 1.00 e. The highest BCUT2D eigenvalue weighted by molar-refractivity contribution is 5.56. The first-order valence-electron chi connectivity index (χ1n) is 7.67. The monoisotopic (exact) mass is 396 g/mol. The molecule has 3 rings (SSSR count). The van der Waals surface area contributed by atoms with E-state index in [1.54, 1.807) is 4.68 Å². The number of benzene rings is 1. The number of aryl methyl sites for hydroxylation is 1. The highest BCUT2D eigenvalue weighted by Crippen LogP contribution is 2.32. The minimum atomic E-state index is -4.43. The Morgan fingerprint density at radius 2 is 1.96 bits per heavy atom. The number of hydrogen-bond acceptors (Lipinski definition) is 4. The van der Waals surface area contributed by atoms with Gasteiger partial charge in [-0.1, -0.05) is 6.07 Å². The summed E-state index contributed by atoms with van der Waals surface area (Å²) in [5, 5.41) is 11.9. The van der Waals surface area contributed by atoms with Crippen LogP contribution in [0.3, 0.4) is 0 Å². The van der Waals surface area contributed by atoms with Gasteiger partial charge in [-0.25, -0.2) is 9.25 Å². The van der Waals surface area contributed by atoms with Gasteiger partial charge in [0.25, 0.3) is 0 Å². The van der Waals surface area contributed by atoms with Gasteiger partial charge >= 0.3 is 6.18 Å². The van der Waals surface area contributed by atoms with Crippen LogP contribution >= 0.6 is 0 Å². The smallest absolute Gasteiger partial charge is 0.416 e. The normalized spacial score (nSPS) is 11.6. The number of anilines is 1. The minimum absolute atomic E-state index is 0. The van der Waals surface area contributed by atoms with Crippen LogP contribution < -0.4 is 22.7 Å². The molecule has 2 N–H and O–H groups in total. The van der Waals surface area contributed by atoms with Crippen molar-refractivity contribution in [3.8, 4) is 0 Å². The van der Waals surface area contributed by atoms with E-state index in [0.717, 1.165) is 17.7 Å². The molecule has 0 amide bonds. The van der Waals surface area contributed by atoms with Gasteiger partial charge in [-0.2, -0.15) is 23.4 Å². The molecule has 0 fully saturated rings. The first-order valence-corrected chi connectivity index (χ1v) is 7.67. The number of halogens is 4. The molecule has 1 aromatic carbocycles. The summed E-state index contributed by atoms with van der Waals surface area (Å²) in [5.41, 5.74) is 6.60. The number of pyridine rings is 1. The van der Waals surface area contributed by atoms with Crippen LogP contribution in [0.2, 0.25) is 0 Å². The molecule has 0 saturated carbocycles. The second kappa shape index (κ2) is 8.17. The molecule has 0 aliphatic heterocycles. The summed E-state index contributed by atoms with van der Waals surface area (Å²) < 4.78 is 41.6. The van der Waals surface area contributed by atoms with Crippen LogP contribution in [0.15, 0.2) is 65.2 Å². The fourth-order valence-electron chi connectivity index (χ4n) is 2.36. The molecule has 0 radical (unpaired) electrons. The Morgan fingerprint density at radius 3 is 2.67 bits per heavy atom. The molecule has 0 spiro atoms. The molecule has 0 saturated heterocycles. The predicted molar refractivity (Wildman–Crippen MR) is 89.0 cm³/mol. The van der Waals surface area contributed by atoms with Crippen LogP contribution in [0.25, 0.3) is 0 Å². The molecule has 2 heterocycles. The minimum Gasteiger partial charge on any atom is -1.00 e. The number of nitrogens with two attached hydrogens (primary N) is 1. The summed E-state index contributed by atoms with van der Waals surface area (Å²) >= 11 is 0. The van der Waals surface area contributed by atoms with Gasteiger partial charge in [-0.3, -0.25) is 0 Å². The number of nitrogen functional groups attached to an aromatic ring is 1. The van der Waals surface area contributed by atoms with Crippen molar-refractivity contribution in [2.75, 3.05) is 5.73 Å². The molecular formula is C17H16ClF3N6. The Morgan fingerprint density at radius 1 is 1.19 bits per heavy atom. The standard InChI is InChI=1S/C17H16F3N6.ClH/c1-25-7-3-4-12(10-25)11-26-16(21)15(9-22-26)24-23-14-6-2-5-13(8-14)17(18,19)20;/h2-10H,11,21H2,1H3;1H/q+1;/p-1/b24-23+;. The van der Waals surface area contributed by atoms with Gasteiger partial charge in [-0.15, -0.1) is 5.11 Å². The summed E-state index contributed by atoms with van der Waals surface area (Å²) in [5.74, 6) is 0.284.